The van der Waals surface area contributed by atoms with Crippen molar-refractivity contribution in [3.05, 3.63) is 100 Å². The molecule has 1 unspecified atom stereocenters. The zero-order valence-corrected chi connectivity index (χ0v) is 16.6. The largest absolute Gasteiger partial charge is 0.488 e. The molecular weight excluding hydrogens is 395 g/mol. The van der Waals surface area contributed by atoms with Crippen LogP contribution in [-0.2, 0) is 4.84 Å². The van der Waals surface area contributed by atoms with Gasteiger partial charge in [-0.05, 0) is 34.6 Å². The maximum atomic E-state index is 10.8. The van der Waals surface area contributed by atoms with Crippen molar-refractivity contribution >= 4 is 23.5 Å². The Hall–Kier alpha value is -3.62. The minimum Gasteiger partial charge on any atom is -0.423 e. The topological polar surface area (TPSA) is 109 Å². The Kier molecular flexibility index (Phi) is 6.02. The van der Waals surface area contributed by atoms with E-state index in [1.807, 2.05) is 60.7 Å². The van der Waals surface area contributed by atoms with Crippen LogP contribution in [0, 0.1) is 10.1 Å². The van der Waals surface area contributed by atoms with Crippen LogP contribution < -0.4 is 5.46 Å². The molecule has 0 aliphatic heterocycles. The first kappa shape index (κ1) is 20.6. The van der Waals surface area contributed by atoms with Crippen molar-refractivity contribution in [2.24, 2.45) is 0 Å². The predicted molar refractivity (Wildman–Crippen MR) is 119 cm³/mol. The minimum absolute atomic E-state index is 0.0860. The average Bonchev–Trinajstić information content (AvgIpc) is 3.16. The van der Waals surface area contributed by atoms with Gasteiger partial charge >= 0.3 is 7.12 Å². The van der Waals surface area contributed by atoms with Crippen LogP contribution in [0.25, 0.3) is 22.2 Å². The molecule has 0 aliphatic rings. The van der Waals surface area contributed by atoms with Crippen molar-refractivity contribution in [1.29, 1.82) is 0 Å². The van der Waals surface area contributed by atoms with Crippen LogP contribution in [0.15, 0.2) is 78.9 Å². The third kappa shape index (κ3) is 4.45. The fourth-order valence-electron chi connectivity index (χ4n) is 4.02. The van der Waals surface area contributed by atoms with E-state index in [1.54, 1.807) is 18.2 Å². The summed E-state index contributed by atoms with van der Waals surface area (Å²) in [6.45, 7) is -0.0860. The van der Waals surface area contributed by atoms with E-state index >= 15 is 0 Å². The van der Waals surface area contributed by atoms with Crippen LogP contribution in [0.4, 0.5) is 0 Å². The van der Waals surface area contributed by atoms with Gasteiger partial charge in [0.25, 0.3) is 5.09 Å². The highest BCUT2D eigenvalue weighted by atomic mass is 16.9. The molecule has 0 bridgehead atoms. The number of fused-ring (bicyclic) bond motifs is 1. The zero-order chi connectivity index (χ0) is 21.8. The first-order valence-corrected chi connectivity index (χ1v) is 9.94. The Morgan fingerprint density at radius 2 is 1.74 bits per heavy atom. The molecule has 0 spiro atoms. The Bertz CT molecular complexity index is 1190. The highest BCUT2D eigenvalue weighted by Crippen LogP contribution is 2.40. The highest BCUT2D eigenvalue weighted by molar-refractivity contribution is 6.58. The number of hydrogen-bond acceptors (Lipinski definition) is 5. The fraction of sp³-hybridized carbons (Fsp3) is 0.130. The number of hydrogen-bond donors (Lipinski definition) is 3. The molecule has 156 valence electrons. The summed E-state index contributed by atoms with van der Waals surface area (Å²) in [4.78, 5) is 18.9. The molecular formula is C23H21BN2O5. The predicted octanol–water partition coefficient (Wildman–Crippen LogP) is 3.25. The lowest BCUT2D eigenvalue weighted by molar-refractivity contribution is -0.757. The Labute approximate surface area is 179 Å². The monoisotopic (exact) mass is 416 g/mol. The van der Waals surface area contributed by atoms with E-state index in [0.29, 0.717) is 11.9 Å². The van der Waals surface area contributed by atoms with Gasteiger partial charge in [-0.1, -0.05) is 72.8 Å². The van der Waals surface area contributed by atoms with Gasteiger partial charge < -0.3 is 19.9 Å². The van der Waals surface area contributed by atoms with Gasteiger partial charge in [0.2, 0.25) is 0 Å². The van der Waals surface area contributed by atoms with Crippen LogP contribution >= 0.6 is 0 Å². The van der Waals surface area contributed by atoms with Crippen LogP contribution in [0.3, 0.4) is 0 Å². The first-order valence-electron chi connectivity index (χ1n) is 9.94. The summed E-state index contributed by atoms with van der Waals surface area (Å²) >= 11 is 0. The van der Waals surface area contributed by atoms with Gasteiger partial charge in [-0.3, -0.25) is 0 Å². The molecule has 0 radical (unpaired) electrons. The Morgan fingerprint density at radius 3 is 2.48 bits per heavy atom. The summed E-state index contributed by atoms with van der Waals surface area (Å²) in [5.74, 6) is -0.273. The van der Waals surface area contributed by atoms with Gasteiger partial charge in [-0.25, -0.2) is 0 Å². The number of nitrogens with one attached hydrogen (secondary N) is 1. The first-order chi connectivity index (χ1) is 15.0. The lowest BCUT2D eigenvalue weighted by atomic mass is 9.77. The molecule has 1 aromatic heterocycles. The van der Waals surface area contributed by atoms with E-state index in [9.17, 15) is 20.2 Å². The molecule has 4 rings (SSSR count). The third-order valence-corrected chi connectivity index (χ3v) is 5.37. The molecule has 31 heavy (non-hydrogen) atoms. The van der Waals surface area contributed by atoms with Crippen molar-refractivity contribution in [1.82, 2.24) is 4.98 Å². The summed E-state index contributed by atoms with van der Waals surface area (Å²) in [7, 11) is -1.60. The molecule has 0 amide bonds. The second-order valence-electron chi connectivity index (χ2n) is 7.27. The molecule has 0 aliphatic carbocycles. The van der Waals surface area contributed by atoms with Crippen LogP contribution in [0.2, 0.25) is 0 Å². The molecule has 8 heteroatoms. The molecule has 0 fully saturated rings. The second-order valence-corrected chi connectivity index (χ2v) is 7.27. The smallest absolute Gasteiger partial charge is 0.423 e. The summed E-state index contributed by atoms with van der Waals surface area (Å²) in [5, 5.41) is 30.3. The van der Waals surface area contributed by atoms with Gasteiger partial charge in [0, 0.05) is 16.8 Å². The molecule has 0 saturated carbocycles. The van der Waals surface area contributed by atoms with E-state index in [0.717, 1.165) is 33.3 Å². The normalized spacial score (nSPS) is 11.9. The zero-order valence-electron chi connectivity index (χ0n) is 16.6. The molecule has 3 N–H and O–H groups in total. The van der Waals surface area contributed by atoms with E-state index in [-0.39, 0.29) is 12.5 Å². The summed E-state index contributed by atoms with van der Waals surface area (Å²) in [6, 6.07) is 24.8. The minimum atomic E-state index is -1.60. The number of aromatic nitrogens is 1. The molecule has 7 nitrogen and oxygen atoms in total. The molecule has 3 aromatic carbocycles. The van der Waals surface area contributed by atoms with Crippen molar-refractivity contribution in [3.8, 4) is 11.3 Å². The van der Waals surface area contributed by atoms with E-state index in [4.69, 9.17) is 0 Å². The number of para-hydroxylation sites is 1. The summed E-state index contributed by atoms with van der Waals surface area (Å²) in [5.41, 5.74) is 5.03. The van der Waals surface area contributed by atoms with E-state index in [2.05, 4.69) is 9.82 Å². The van der Waals surface area contributed by atoms with Gasteiger partial charge in [-0.15, -0.1) is 10.1 Å². The quantitative estimate of drug-likeness (QED) is 0.232. The molecule has 1 heterocycles. The van der Waals surface area contributed by atoms with Gasteiger partial charge in [-0.2, -0.15) is 0 Å². The van der Waals surface area contributed by atoms with Crippen molar-refractivity contribution in [2.45, 2.75) is 12.3 Å². The van der Waals surface area contributed by atoms with Gasteiger partial charge in [0.1, 0.15) is 0 Å². The standard InChI is InChI=1S/C23H21BN2O5/c27-24(28)18-10-6-9-17(15-18)19(13-14-31-26(29)30)22-20-11-4-5-12-21(20)25-23(22)16-7-2-1-3-8-16/h1-12,15,19,25,27-28H,13-14H2. The lowest BCUT2D eigenvalue weighted by Gasteiger charge is -2.20. The highest BCUT2D eigenvalue weighted by Gasteiger charge is 2.25. The van der Waals surface area contributed by atoms with Crippen molar-refractivity contribution in [3.63, 3.8) is 0 Å². The summed E-state index contributed by atoms with van der Waals surface area (Å²) in [6.07, 6.45) is 0.341. The molecule has 4 aromatic rings. The number of nitrogens with zero attached hydrogens (tertiary/aromatic N) is 1. The fourth-order valence-corrected chi connectivity index (χ4v) is 4.02. The molecule has 0 saturated heterocycles. The molecule has 1 atom stereocenters. The van der Waals surface area contributed by atoms with Crippen LogP contribution in [0.5, 0.6) is 0 Å². The number of benzene rings is 3. The van der Waals surface area contributed by atoms with E-state index < -0.39 is 12.2 Å². The van der Waals surface area contributed by atoms with Crippen molar-refractivity contribution < 1.29 is 20.0 Å². The lowest BCUT2D eigenvalue weighted by Crippen LogP contribution is -2.30. The van der Waals surface area contributed by atoms with Crippen molar-refractivity contribution in [2.75, 3.05) is 6.61 Å². The van der Waals surface area contributed by atoms with Crippen LogP contribution in [0.1, 0.15) is 23.5 Å². The maximum absolute atomic E-state index is 10.8. The third-order valence-electron chi connectivity index (χ3n) is 5.37. The van der Waals surface area contributed by atoms with Crippen LogP contribution in [-0.4, -0.2) is 33.8 Å². The average molecular weight is 416 g/mol. The SMILES string of the molecule is O=[N+]([O-])OCCC(c1cccc(B(O)O)c1)c1c(-c2ccccc2)[nH]c2ccccc12. The maximum Gasteiger partial charge on any atom is 0.488 e. The number of aromatic amines is 1. The number of rotatable bonds is 8. The van der Waals surface area contributed by atoms with E-state index in [1.165, 1.54) is 0 Å². The number of H-pyrrole nitrogens is 1. The summed E-state index contributed by atoms with van der Waals surface area (Å²) < 4.78 is 0. The van der Waals surface area contributed by atoms with Gasteiger partial charge in [0.05, 0.1) is 12.3 Å². The Balaban J connectivity index is 1.90. The second kappa shape index (κ2) is 9.03. The Morgan fingerprint density at radius 1 is 1.00 bits per heavy atom. The van der Waals surface area contributed by atoms with Gasteiger partial charge in [0.15, 0.2) is 0 Å².